The number of hydrogen-bond acceptors (Lipinski definition) is 3. The normalized spacial score (nSPS) is 22.7. The van der Waals surface area contributed by atoms with Crippen molar-refractivity contribution >= 4 is 11.9 Å². The Hall–Kier alpha value is -2.04. The number of aliphatic carboxylic acids is 1. The van der Waals surface area contributed by atoms with Crippen LogP contribution in [-0.4, -0.2) is 17.0 Å². The molecule has 0 radical (unpaired) electrons. The number of furan rings is 1. The van der Waals surface area contributed by atoms with Crippen molar-refractivity contribution in [3.05, 3.63) is 35.3 Å². The van der Waals surface area contributed by atoms with Gasteiger partial charge in [-0.05, 0) is 38.8 Å². The van der Waals surface area contributed by atoms with Gasteiger partial charge >= 0.3 is 5.97 Å². The predicted octanol–water partition coefficient (Wildman–Crippen LogP) is 2.34. The molecule has 0 unspecified atom stereocenters. The van der Waals surface area contributed by atoms with Crippen LogP contribution in [0.1, 0.15) is 32.4 Å². The lowest BCUT2D eigenvalue weighted by Gasteiger charge is -2.29. The molecule has 2 rings (SSSR count). The van der Waals surface area contributed by atoms with Gasteiger partial charge in [-0.25, -0.2) is 0 Å². The van der Waals surface area contributed by atoms with Gasteiger partial charge in [-0.2, -0.15) is 0 Å². The minimum absolute atomic E-state index is 0.222. The Kier molecular flexibility index (Phi) is 4.27. The van der Waals surface area contributed by atoms with Crippen LogP contribution in [0.5, 0.6) is 0 Å². The maximum absolute atomic E-state index is 12.2. The Morgan fingerprint density at radius 1 is 1.30 bits per heavy atom. The van der Waals surface area contributed by atoms with Crippen LogP contribution in [0.3, 0.4) is 0 Å². The lowest BCUT2D eigenvalue weighted by Crippen LogP contribution is -2.39. The van der Waals surface area contributed by atoms with Gasteiger partial charge in [0.1, 0.15) is 5.76 Å². The molecule has 1 aliphatic carbocycles. The van der Waals surface area contributed by atoms with Crippen LogP contribution in [0.15, 0.2) is 34.0 Å². The Balaban J connectivity index is 2.04. The molecule has 0 spiro atoms. The van der Waals surface area contributed by atoms with Crippen molar-refractivity contribution in [2.24, 2.45) is 11.8 Å². The van der Waals surface area contributed by atoms with E-state index in [9.17, 15) is 14.7 Å². The fraction of sp³-hybridized carbons (Fsp3) is 0.467. The fourth-order valence-corrected chi connectivity index (χ4v) is 2.55. The van der Waals surface area contributed by atoms with E-state index in [1.54, 1.807) is 18.4 Å². The zero-order chi connectivity index (χ0) is 14.7. The summed E-state index contributed by atoms with van der Waals surface area (Å²) in [6.45, 7) is 4.18. The highest BCUT2D eigenvalue weighted by molar-refractivity contribution is 5.85. The van der Waals surface area contributed by atoms with Gasteiger partial charge in [0, 0.05) is 0 Å². The molecule has 1 aliphatic rings. The van der Waals surface area contributed by atoms with Crippen LogP contribution in [-0.2, 0) is 16.1 Å². The van der Waals surface area contributed by atoms with E-state index in [1.165, 1.54) is 0 Å². The van der Waals surface area contributed by atoms with Crippen molar-refractivity contribution in [3.63, 3.8) is 0 Å². The van der Waals surface area contributed by atoms with Gasteiger partial charge in [0.05, 0.1) is 24.6 Å². The molecule has 1 aromatic rings. The Labute approximate surface area is 117 Å². The molecule has 2 atom stereocenters. The molecule has 0 saturated carbocycles. The van der Waals surface area contributed by atoms with E-state index in [2.05, 4.69) is 5.32 Å². The largest absolute Gasteiger partial charge is 0.481 e. The van der Waals surface area contributed by atoms with Gasteiger partial charge in [-0.1, -0.05) is 11.1 Å². The molecule has 108 valence electrons. The summed E-state index contributed by atoms with van der Waals surface area (Å²) in [5.41, 5.74) is 2.19. The van der Waals surface area contributed by atoms with E-state index < -0.39 is 17.8 Å². The minimum Gasteiger partial charge on any atom is -0.481 e. The first-order valence-electron chi connectivity index (χ1n) is 6.67. The third-order valence-corrected chi connectivity index (χ3v) is 3.94. The molecule has 1 heterocycles. The van der Waals surface area contributed by atoms with Crippen LogP contribution in [0, 0.1) is 11.8 Å². The number of amides is 1. The molecular formula is C15H19NO4. The number of carbonyl (C=O) groups is 2. The quantitative estimate of drug-likeness (QED) is 0.828. The van der Waals surface area contributed by atoms with Gasteiger partial charge in [-0.3, -0.25) is 9.59 Å². The second-order valence-corrected chi connectivity index (χ2v) is 5.32. The highest BCUT2D eigenvalue weighted by Gasteiger charge is 2.37. The molecule has 1 aromatic heterocycles. The molecule has 0 aromatic carbocycles. The van der Waals surface area contributed by atoms with Gasteiger partial charge < -0.3 is 14.8 Å². The first-order valence-corrected chi connectivity index (χ1v) is 6.67. The van der Waals surface area contributed by atoms with E-state index in [0.29, 0.717) is 18.6 Å². The topological polar surface area (TPSA) is 79.5 Å². The molecule has 20 heavy (non-hydrogen) atoms. The highest BCUT2D eigenvalue weighted by atomic mass is 16.4. The first-order chi connectivity index (χ1) is 9.49. The zero-order valence-corrected chi connectivity index (χ0v) is 11.7. The number of carboxylic acid groups (broad SMARTS) is 1. The Morgan fingerprint density at radius 3 is 2.50 bits per heavy atom. The van der Waals surface area contributed by atoms with E-state index >= 15 is 0 Å². The third kappa shape index (κ3) is 3.10. The number of hydrogen-bond donors (Lipinski definition) is 2. The maximum atomic E-state index is 12.2. The number of rotatable bonds is 4. The van der Waals surface area contributed by atoms with E-state index in [-0.39, 0.29) is 12.5 Å². The van der Waals surface area contributed by atoms with Crippen LogP contribution in [0.2, 0.25) is 0 Å². The minimum atomic E-state index is -0.907. The molecule has 5 heteroatoms. The molecule has 2 N–H and O–H groups in total. The summed E-state index contributed by atoms with van der Waals surface area (Å²) >= 11 is 0. The molecule has 1 amide bonds. The maximum Gasteiger partial charge on any atom is 0.307 e. The van der Waals surface area contributed by atoms with E-state index in [4.69, 9.17) is 4.42 Å². The van der Waals surface area contributed by atoms with Crippen molar-refractivity contribution < 1.29 is 19.1 Å². The van der Waals surface area contributed by atoms with Crippen molar-refractivity contribution in [1.82, 2.24) is 5.32 Å². The van der Waals surface area contributed by atoms with Gasteiger partial charge in [0.2, 0.25) is 5.91 Å². The average Bonchev–Trinajstić information content (AvgIpc) is 2.91. The van der Waals surface area contributed by atoms with Gasteiger partial charge in [0.15, 0.2) is 0 Å². The van der Waals surface area contributed by atoms with Crippen LogP contribution in [0.4, 0.5) is 0 Å². The summed E-state index contributed by atoms with van der Waals surface area (Å²) in [4.78, 5) is 23.6. The van der Waals surface area contributed by atoms with Crippen molar-refractivity contribution in [2.75, 3.05) is 0 Å². The monoisotopic (exact) mass is 277 g/mol. The second-order valence-electron chi connectivity index (χ2n) is 5.32. The third-order valence-electron chi connectivity index (χ3n) is 3.94. The summed E-state index contributed by atoms with van der Waals surface area (Å²) in [6.07, 6.45) is 2.49. The molecule has 0 bridgehead atoms. The Bertz CT molecular complexity index is 530. The van der Waals surface area contributed by atoms with Crippen molar-refractivity contribution in [2.45, 2.75) is 33.2 Å². The van der Waals surface area contributed by atoms with Crippen molar-refractivity contribution in [1.29, 1.82) is 0 Å². The van der Waals surface area contributed by atoms with Crippen LogP contribution in [0.25, 0.3) is 0 Å². The summed E-state index contributed by atoms with van der Waals surface area (Å²) < 4.78 is 5.14. The number of carboxylic acids is 1. The SMILES string of the molecule is CC1=C(C)C[C@@H](C(=O)O)[C@@H](C(=O)NCc2ccco2)C1. The van der Waals surface area contributed by atoms with Crippen molar-refractivity contribution in [3.8, 4) is 0 Å². The predicted molar refractivity (Wildman–Crippen MR) is 72.8 cm³/mol. The molecule has 5 nitrogen and oxygen atoms in total. The lowest BCUT2D eigenvalue weighted by molar-refractivity contribution is -0.147. The summed E-state index contributed by atoms with van der Waals surface area (Å²) in [7, 11) is 0. The molecule has 0 fully saturated rings. The average molecular weight is 277 g/mol. The van der Waals surface area contributed by atoms with Crippen LogP contribution < -0.4 is 5.32 Å². The molecule has 0 saturated heterocycles. The van der Waals surface area contributed by atoms with Crippen LogP contribution >= 0.6 is 0 Å². The second kappa shape index (κ2) is 5.94. The van der Waals surface area contributed by atoms with Gasteiger partial charge in [0.25, 0.3) is 0 Å². The molecule has 0 aliphatic heterocycles. The number of allylic oxidation sites excluding steroid dienone is 2. The highest BCUT2D eigenvalue weighted by Crippen LogP contribution is 2.34. The summed E-state index contributed by atoms with van der Waals surface area (Å²) in [5.74, 6) is -1.62. The summed E-state index contributed by atoms with van der Waals surface area (Å²) in [5, 5.41) is 12.0. The number of nitrogens with one attached hydrogen (secondary N) is 1. The summed E-state index contributed by atoms with van der Waals surface area (Å²) in [6, 6.07) is 3.52. The first kappa shape index (κ1) is 14.4. The lowest BCUT2D eigenvalue weighted by atomic mass is 9.76. The zero-order valence-electron chi connectivity index (χ0n) is 11.7. The Morgan fingerprint density at radius 2 is 1.95 bits per heavy atom. The van der Waals surface area contributed by atoms with E-state index in [0.717, 1.165) is 11.1 Å². The number of carbonyl (C=O) groups excluding carboxylic acids is 1. The fourth-order valence-electron chi connectivity index (χ4n) is 2.55. The van der Waals surface area contributed by atoms with E-state index in [1.807, 2.05) is 13.8 Å². The smallest absolute Gasteiger partial charge is 0.307 e. The van der Waals surface area contributed by atoms with Gasteiger partial charge in [-0.15, -0.1) is 0 Å². The standard InChI is InChI=1S/C15H19NO4/c1-9-6-12(13(15(18)19)7-10(9)2)14(17)16-8-11-4-3-5-20-11/h3-5,12-13H,6-8H2,1-2H3,(H,16,17)(H,18,19)/t12-,13+/m0/s1. The molecular weight excluding hydrogens is 258 g/mol.